The second-order valence-corrected chi connectivity index (χ2v) is 9.29. The molecule has 1 amide bonds. The van der Waals surface area contributed by atoms with Crippen LogP contribution in [0.15, 0.2) is 28.2 Å². The fourth-order valence-electron chi connectivity index (χ4n) is 3.76. The maximum Gasteiger partial charge on any atom is 0.254 e. The molecule has 10 nitrogen and oxygen atoms in total. The zero-order valence-electron chi connectivity index (χ0n) is 16.8. The number of ether oxygens (including phenoxy) is 2. The normalized spacial score (nSPS) is 18.9. The summed E-state index contributed by atoms with van der Waals surface area (Å²) in [6, 6.07) is 5.00. The Bertz CT molecular complexity index is 895. The molecule has 1 saturated heterocycles. The van der Waals surface area contributed by atoms with Gasteiger partial charge >= 0.3 is 0 Å². The molecule has 0 spiro atoms. The van der Waals surface area contributed by atoms with Crippen molar-refractivity contribution in [3.8, 4) is 0 Å². The molecule has 2 aliphatic rings. The largest absolute Gasteiger partial charge is 0.379 e. The van der Waals surface area contributed by atoms with Crippen LogP contribution in [0, 0.1) is 0 Å². The topological polar surface area (TPSA) is 134 Å². The average molecular weight is 438 g/mol. The van der Waals surface area contributed by atoms with Crippen molar-refractivity contribution in [2.24, 2.45) is 5.11 Å². The van der Waals surface area contributed by atoms with Gasteiger partial charge in [-0.05, 0) is 37.1 Å². The van der Waals surface area contributed by atoms with Crippen molar-refractivity contribution in [1.82, 2.24) is 10.2 Å². The van der Waals surface area contributed by atoms with E-state index in [0.29, 0.717) is 30.9 Å². The summed E-state index contributed by atoms with van der Waals surface area (Å²) >= 11 is 0. The van der Waals surface area contributed by atoms with Crippen molar-refractivity contribution in [3.63, 3.8) is 0 Å². The van der Waals surface area contributed by atoms with Crippen LogP contribution in [-0.2, 0) is 25.9 Å². The van der Waals surface area contributed by atoms with Crippen molar-refractivity contribution in [3.05, 3.63) is 39.8 Å². The molecule has 11 heteroatoms. The van der Waals surface area contributed by atoms with E-state index in [1.807, 2.05) is 0 Å². The van der Waals surface area contributed by atoms with Gasteiger partial charge in [0.15, 0.2) is 9.84 Å². The Morgan fingerprint density at radius 1 is 1.23 bits per heavy atom. The summed E-state index contributed by atoms with van der Waals surface area (Å²) in [4.78, 5) is 17.5. The van der Waals surface area contributed by atoms with E-state index >= 15 is 0 Å². The van der Waals surface area contributed by atoms with Gasteiger partial charge in [-0.1, -0.05) is 11.2 Å². The molecule has 3 rings (SSSR count). The number of rotatable bonds is 11. The summed E-state index contributed by atoms with van der Waals surface area (Å²) in [5, 5.41) is 6.65. The lowest BCUT2D eigenvalue weighted by Crippen LogP contribution is -2.46. The minimum absolute atomic E-state index is 0.0376. The van der Waals surface area contributed by atoms with E-state index in [4.69, 9.17) is 15.0 Å². The van der Waals surface area contributed by atoms with Crippen LogP contribution in [0.3, 0.4) is 0 Å². The number of hydrogen-bond donors (Lipinski definition) is 1. The molecule has 1 atom stereocenters. The summed E-state index contributed by atoms with van der Waals surface area (Å²) in [6.07, 6.45) is 1.93. The number of carbonyl (C=O) groups excluding carboxylic acids is 1. The molecule has 0 saturated carbocycles. The molecule has 0 aromatic heterocycles. The van der Waals surface area contributed by atoms with Gasteiger partial charge in [0.25, 0.3) is 5.91 Å². The minimum atomic E-state index is -3.58. The van der Waals surface area contributed by atoms with Gasteiger partial charge in [0, 0.05) is 41.7 Å². The number of azide groups is 1. The van der Waals surface area contributed by atoms with Crippen LogP contribution in [0.1, 0.15) is 28.8 Å². The summed E-state index contributed by atoms with van der Waals surface area (Å²) in [6.45, 7) is 3.13. The summed E-state index contributed by atoms with van der Waals surface area (Å²) in [7, 11) is -3.58. The first-order chi connectivity index (χ1) is 14.5. The van der Waals surface area contributed by atoms with Gasteiger partial charge in [-0.3, -0.25) is 4.79 Å². The highest BCUT2D eigenvalue weighted by molar-refractivity contribution is 7.91. The molecular weight excluding hydrogens is 410 g/mol. The van der Waals surface area contributed by atoms with Crippen molar-refractivity contribution in [2.75, 3.05) is 51.8 Å². The summed E-state index contributed by atoms with van der Waals surface area (Å²) in [5.74, 6) is -0.258. The molecule has 1 aromatic rings. The first-order valence-corrected chi connectivity index (χ1v) is 11.7. The molecule has 1 aromatic carbocycles. The second kappa shape index (κ2) is 10.7. The van der Waals surface area contributed by atoms with E-state index < -0.39 is 9.84 Å². The number of sulfone groups is 1. The molecule has 0 radical (unpaired) electrons. The van der Waals surface area contributed by atoms with Crippen molar-refractivity contribution in [2.45, 2.75) is 30.3 Å². The van der Waals surface area contributed by atoms with Gasteiger partial charge in [0.05, 0.1) is 37.1 Å². The third-order valence-electron chi connectivity index (χ3n) is 5.27. The van der Waals surface area contributed by atoms with Gasteiger partial charge in [-0.15, -0.1) is 0 Å². The van der Waals surface area contributed by atoms with Crippen LogP contribution in [0.25, 0.3) is 10.4 Å². The van der Waals surface area contributed by atoms with Crippen molar-refractivity contribution >= 4 is 15.7 Å². The lowest BCUT2D eigenvalue weighted by atomic mass is 10.1. The van der Waals surface area contributed by atoms with Gasteiger partial charge in [-0.25, -0.2) is 8.42 Å². The Hall–Kier alpha value is -2.17. The number of carbonyl (C=O) groups is 1. The predicted octanol–water partition coefficient (Wildman–Crippen LogP) is 1.51. The minimum Gasteiger partial charge on any atom is -0.379 e. The molecule has 1 unspecified atom stereocenters. The van der Waals surface area contributed by atoms with Crippen LogP contribution in [-0.4, -0.2) is 77.1 Å². The highest BCUT2D eigenvalue weighted by atomic mass is 32.2. The SMILES string of the molecule is [N-]=[N+]=NCCOCCOCCS(=O)(=O)c1cccc2c1CN(C1CCCNC1)C2=O. The predicted molar refractivity (Wildman–Crippen MR) is 110 cm³/mol. The molecule has 2 aliphatic heterocycles. The van der Waals surface area contributed by atoms with Gasteiger partial charge in [0.2, 0.25) is 0 Å². The third-order valence-corrected chi connectivity index (χ3v) is 7.02. The summed E-state index contributed by atoms with van der Waals surface area (Å²) < 4.78 is 36.3. The van der Waals surface area contributed by atoms with Gasteiger partial charge < -0.3 is 19.7 Å². The number of piperidine rings is 1. The molecule has 0 bridgehead atoms. The number of amides is 1. The van der Waals surface area contributed by atoms with Crippen LogP contribution in [0.2, 0.25) is 0 Å². The van der Waals surface area contributed by atoms with Crippen LogP contribution >= 0.6 is 0 Å². The number of hydrogen-bond acceptors (Lipinski definition) is 7. The molecule has 164 valence electrons. The third kappa shape index (κ3) is 5.50. The molecular formula is C19H27N5O5S. The molecule has 30 heavy (non-hydrogen) atoms. The van der Waals surface area contributed by atoms with Gasteiger partial charge in [-0.2, -0.15) is 0 Å². The van der Waals surface area contributed by atoms with E-state index in [9.17, 15) is 13.2 Å². The fourth-order valence-corrected chi connectivity index (χ4v) is 5.16. The van der Waals surface area contributed by atoms with E-state index in [-0.39, 0.29) is 42.4 Å². The molecule has 1 fully saturated rings. The fraction of sp³-hybridized carbons (Fsp3) is 0.632. The van der Waals surface area contributed by atoms with Crippen molar-refractivity contribution in [1.29, 1.82) is 0 Å². The van der Waals surface area contributed by atoms with Crippen molar-refractivity contribution < 1.29 is 22.7 Å². The number of nitrogens with one attached hydrogen (secondary N) is 1. The standard InChI is InChI=1S/C19H27N5O5S/c20-23-22-7-8-28-9-10-29-11-12-30(26,27)18-5-1-4-16-17(18)14-24(19(16)25)15-3-2-6-21-13-15/h1,4-5,15,21H,2-3,6-14H2. The van der Waals surface area contributed by atoms with Crippen LogP contribution < -0.4 is 5.32 Å². The second-order valence-electron chi connectivity index (χ2n) is 7.21. The highest BCUT2D eigenvalue weighted by Gasteiger charge is 2.36. The molecule has 2 heterocycles. The maximum absolute atomic E-state index is 12.9. The Morgan fingerprint density at radius 2 is 2.03 bits per heavy atom. The van der Waals surface area contributed by atoms with Crippen LogP contribution in [0.4, 0.5) is 0 Å². The quantitative estimate of drug-likeness (QED) is 0.241. The Labute approximate surface area is 176 Å². The Kier molecular flexibility index (Phi) is 8.06. The van der Waals surface area contributed by atoms with E-state index in [0.717, 1.165) is 25.9 Å². The molecule has 1 N–H and O–H groups in total. The lowest BCUT2D eigenvalue weighted by molar-refractivity contribution is 0.0567. The molecule has 0 aliphatic carbocycles. The number of fused-ring (bicyclic) bond motifs is 1. The number of nitrogens with zero attached hydrogens (tertiary/aromatic N) is 4. The van der Waals surface area contributed by atoms with E-state index in [1.54, 1.807) is 23.1 Å². The van der Waals surface area contributed by atoms with E-state index in [2.05, 4.69) is 15.3 Å². The first kappa shape index (κ1) is 22.5. The number of benzene rings is 1. The zero-order valence-corrected chi connectivity index (χ0v) is 17.6. The smallest absolute Gasteiger partial charge is 0.254 e. The maximum atomic E-state index is 12.9. The first-order valence-electron chi connectivity index (χ1n) is 10.1. The van der Waals surface area contributed by atoms with Gasteiger partial charge in [0.1, 0.15) is 0 Å². The van der Waals surface area contributed by atoms with E-state index in [1.165, 1.54) is 0 Å². The zero-order chi connectivity index (χ0) is 21.4. The summed E-state index contributed by atoms with van der Waals surface area (Å²) in [5.41, 5.74) is 9.23. The Morgan fingerprint density at radius 3 is 2.77 bits per heavy atom. The highest BCUT2D eigenvalue weighted by Crippen LogP contribution is 2.31. The average Bonchev–Trinajstić information content (AvgIpc) is 3.10. The monoisotopic (exact) mass is 437 g/mol. The lowest BCUT2D eigenvalue weighted by Gasteiger charge is -2.31. The Balaban J connectivity index is 1.55. The van der Waals surface area contributed by atoms with Crippen LogP contribution in [0.5, 0.6) is 0 Å².